The summed E-state index contributed by atoms with van der Waals surface area (Å²) in [4.78, 5) is 0. The fourth-order valence-electron chi connectivity index (χ4n) is 1.81. The first-order chi connectivity index (χ1) is 7.80. The van der Waals surface area contributed by atoms with Gasteiger partial charge >= 0.3 is 0 Å². The standard InChI is InChI=1S/C14H22ClNO/c1-6-17-13-7-10(4)11(8-12(13)15)14(5,16)9(2)3/h7-9H,6,16H2,1-5H3. The van der Waals surface area contributed by atoms with Gasteiger partial charge in [0.1, 0.15) is 5.75 Å². The van der Waals surface area contributed by atoms with E-state index in [0.717, 1.165) is 16.9 Å². The Morgan fingerprint density at radius 2 is 2.00 bits per heavy atom. The quantitative estimate of drug-likeness (QED) is 0.886. The van der Waals surface area contributed by atoms with Crippen LogP contribution < -0.4 is 10.5 Å². The van der Waals surface area contributed by atoms with Crippen molar-refractivity contribution < 1.29 is 4.74 Å². The third-order valence-electron chi connectivity index (χ3n) is 3.36. The zero-order valence-corrected chi connectivity index (χ0v) is 12.1. The molecular formula is C14H22ClNO. The first kappa shape index (κ1) is 14.3. The molecule has 0 aliphatic rings. The van der Waals surface area contributed by atoms with Crippen molar-refractivity contribution in [1.82, 2.24) is 0 Å². The van der Waals surface area contributed by atoms with Gasteiger partial charge in [-0.15, -0.1) is 0 Å². The Morgan fingerprint density at radius 1 is 1.41 bits per heavy atom. The molecule has 0 spiro atoms. The molecule has 0 aliphatic heterocycles. The molecule has 0 amide bonds. The van der Waals surface area contributed by atoms with Crippen LogP contribution in [0.25, 0.3) is 0 Å². The van der Waals surface area contributed by atoms with Gasteiger partial charge < -0.3 is 10.5 Å². The van der Waals surface area contributed by atoms with E-state index in [4.69, 9.17) is 22.1 Å². The lowest BCUT2D eigenvalue weighted by Gasteiger charge is -2.31. The van der Waals surface area contributed by atoms with E-state index in [1.807, 2.05) is 32.9 Å². The summed E-state index contributed by atoms with van der Waals surface area (Å²) in [7, 11) is 0. The molecule has 2 nitrogen and oxygen atoms in total. The SMILES string of the molecule is CCOc1cc(C)c(C(C)(N)C(C)C)cc1Cl. The second-order valence-electron chi connectivity index (χ2n) is 4.97. The molecule has 1 rings (SSSR count). The average molecular weight is 256 g/mol. The fourth-order valence-corrected chi connectivity index (χ4v) is 2.03. The van der Waals surface area contributed by atoms with Gasteiger partial charge in [-0.05, 0) is 49.9 Å². The van der Waals surface area contributed by atoms with Gasteiger partial charge in [-0.25, -0.2) is 0 Å². The van der Waals surface area contributed by atoms with Crippen LogP contribution in [0.2, 0.25) is 5.02 Å². The molecule has 1 atom stereocenters. The first-order valence-corrected chi connectivity index (χ1v) is 6.40. The minimum absolute atomic E-state index is 0.343. The lowest BCUT2D eigenvalue weighted by molar-refractivity contribution is 0.335. The molecule has 0 saturated heterocycles. The minimum atomic E-state index is -0.377. The highest BCUT2D eigenvalue weighted by Gasteiger charge is 2.27. The van der Waals surface area contributed by atoms with E-state index in [9.17, 15) is 0 Å². The van der Waals surface area contributed by atoms with Gasteiger partial charge in [0.25, 0.3) is 0 Å². The molecule has 0 aromatic heterocycles. The fraction of sp³-hybridized carbons (Fsp3) is 0.571. The van der Waals surface area contributed by atoms with Crippen LogP contribution in [0.15, 0.2) is 12.1 Å². The van der Waals surface area contributed by atoms with Gasteiger partial charge in [-0.1, -0.05) is 25.4 Å². The lowest BCUT2D eigenvalue weighted by atomic mass is 9.80. The Bertz CT molecular complexity index is 399. The summed E-state index contributed by atoms with van der Waals surface area (Å²) in [5, 5.41) is 0.629. The second kappa shape index (κ2) is 5.28. The average Bonchev–Trinajstić information content (AvgIpc) is 2.22. The minimum Gasteiger partial charge on any atom is -0.492 e. The number of benzene rings is 1. The predicted octanol–water partition coefficient (Wildman–Crippen LogP) is 3.88. The Kier molecular flexibility index (Phi) is 4.45. The van der Waals surface area contributed by atoms with Gasteiger partial charge in [-0.2, -0.15) is 0 Å². The highest BCUT2D eigenvalue weighted by molar-refractivity contribution is 6.32. The molecule has 17 heavy (non-hydrogen) atoms. The van der Waals surface area contributed by atoms with Crippen molar-refractivity contribution in [3.05, 3.63) is 28.3 Å². The molecule has 0 saturated carbocycles. The van der Waals surface area contributed by atoms with Crippen molar-refractivity contribution >= 4 is 11.6 Å². The summed E-state index contributed by atoms with van der Waals surface area (Å²) in [5.74, 6) is 1.07. The first-order valence-electron chi connectivity index (χ1n) is 6.03. The highest BCUT2D eigenvalue weighted by atomic mass is 35.5. The molecule has 3 heteroatoms. The third kappa shape index (κ3) is 2.93. The molecule has 1 aromatic carbocycles. The number of hydrogen-bond donors (Lipinski definition) is 1. The van der Waals surface area contributed by atoms with E-state index in [-0.39, 0.29) is 5.54 Å². The van der Waals surface area contributed by atoms with Crippen LogP contribution in [0, 0.1) is 12.8 Å². The smallest absolute Gasteiger partial charge is 0.138 e. The summed E-state index contributed by atoms with van der Waals surface area (Å²) >= 11 is 6.21. The maximum absolute atomic E-state index is 6.38. The number of hydrogen-bond acceptors (Lipinski definition) is 2. The Balaban J connectivity index is 3.24. The Labute approximate surface area is 109 Å². The van der Waals surface area contributed by atoms with Crippen molar-refractivity contribution in [3.8, 4) is 5.75 Å². The maximum Gasteiger partial charge on any atom is 0.138 e. The van der Waals surface area contributed by atoms with Crippen molar-refractivity contribution in [2.24, 2.45) is 11.7 Å². The van der Waals surface area contributed by atoms with Gasteiger partial charge in [0.05, 0.1) is 11.6 Å². The summed E-state index contributed by atoms with van der Waals surface area (Å²) in [6.45, 7) is 10.9. The zero-order valence-electron chi connectivity index (χ0n) is 11.3. The van der Waals surface area contributed by atoms with Gasteiger partial charge in [0.2, 0.25) is 0 Å². The van der Waals surface area contributed by atoms with Crippen molar-refractivity contribution in [3.63, 3.8) is 0 Å². The zero-order chi connectivity index (χ0) is 13.2. The molecule has 0 aliphatic carbocycles. The van der Waals surface area contributed by atoms with Gasteiger partial charge in [0, 0.05) is 5.54 Å². The highest BCUT2D eigenvalue weighted by Crippen LogP contribution is 2.35. The predicted molar refractivity (Wildman–Crippen MR) is 73.7 cm³/mol. The molecular weight excluding hydrogens is 234 g/mol. The molecule has 96 valence electrons. The number of nitrogens with two attached hydrogens (primary N) is 1. The number of rotatable bonds is 4. The topological polar surface area (TPSA) is 35.2 Å². The largest absolute Gasteiger partial charge is 0.492 e. The normalized spacial score (nSPS) is 14.8. The van der Waals surface area contributed by atoms with Crippen LogP contribution in [-0.2, 0) is 5.54 Å². The summed E-state index contributed by atoms with van der Waals surface area (Å²) in [6.07, 6.45) is 0. The van der Waals surface area contributed by atoms with E-state index >= 15 is 0 Å². The summed E-state index contributed by atoms with van der Waals surface area (Å²) in [5.41, 5.74) is 8.20. The van der Waals surface area contributed by atoms with Crippen LogP contribution >= 0.6 is 11.6 Å². The maximum atomic E-state index is 6.38. The summed E-state index contributed by atoms with van der Waals surface area (Å²) < 4.78 is 5.47. The molecule has 2 N–H and O–H groups in total. The van der Waals surface area contributed by atoms with E-state index in [2.05, 4.69) is 13.8 Å². The van der Waals surface area contributed by atoms with Crippen LogP contribution in [-0.4, -0.2) is 6.61 Å². The molecule has 0 fully saturated rings. The van der Waals surface area contributed by atoms with E-state index in [0.29, 0.717) is 17.5 Å². The molecule has 0 heterocycles. The van der Waals surface area contributed by atoms with Crippen molar-refractivity contribution in [2.75, 3.05) is 6.61 Å². The third-order valence-corrected chi connectivity index (χ3v) is 3.65. The van der Waals surface area contributed by atoms with Crippen LogP contribution in [0.5, 0.6) is 5.75 Å². The van der Waals surface area contributed by atoms with Crippen molar-refractivity contribution in [1.29, 1.82) is 0 Å². The molecule has 0 bridgehead atoms. The number of ether oxygens (including phenoxy) is 1. The molecule has 1 aromatic rings. The Morgan fingerprint density at radius 3 is 2.47 bits per heavy atom. The van der Waals surface area contributed by atoms with E-state index in [1.165, 1.54) is 0 Å². The van der Waals surface area contributed by atoms with E-state index < -0.39 is 0 Å². The van der Waals surface area contributed by atoms with Crippen LogP contribution in [0.3, 0.4) is 0 Å². The van der Waals surface area contributed by atoms with Crippen LogP contribution in [0.1, 0.15) is 38.8 Å². The summed E-state index contributed by atoms with van der Waals surface area (Å²) in [6, 6.07) is 3.90. The number of halogens is 1. The molecule has 1 unspecified atom stereocenters. The molecule has 0 radical (unpaired) electrons. The van der Waals surface area contributed by atoms with Crippen molar-refractivity contribution in [2.45, 2.75) is 40.2 Å². The second-order valence-corrected chi connectivity index (χ2v) is 5.38. The van der Waals surface area contributed by atoms with Gasteiger partial charge in [-0.3, -0.25) is 0 Å². The lowest BCUT2D eigenvalue weighted by Crippen LogP contribution is -2.39. The van der Waals surface area contributed by atoms with Gasteiger partial charge in [0.15, 0.2) is 0 Å². The number of aryl methyl sites for hydroxylation is 1. The monoisotopic (exact) mass is 255 g/mol. The Hall–Kier alpha value is -0.730. The van der Waals surface area contributed by atoms with E-state index in [1.54, 1.807) is 0 Å². The van der Waals surface area contributed by atoms with Crippen LogP contribution in [0.4, 0.5) is 0 Å².